The van der Waals surface area contributed by atoms with Crippen LogP contribution in [-0.2, 0) is 7.05 Å². The van der Waals surface area contributed by atoms with Crippen LogP contribution in [0.4, 0.5) is 0 Å². The molecule has 0 aliphatic carbocycles. The van der Waals surface area contributed by atoms with Gasteiger partial charge in [0.25, 0.3) is 0 Å². The number of hydrogen-bond donors (Lipinski definition) is 0. The molecule has 0 bridgehead atoms. The van der Waals surface area contributed by atoms with E-state index in [0.717, 1.165) is 10.4 Å². The number of nitrogens with zero attached hydrogens (tertiary/aromatic N) is 2. The fourth-order valence-corrected chi connectivity index (χ4v) is 2.13. The molecule has 0 spiro atoms. The van der Waals surface area contributed by atoms with Crippen molar-refractivity contribution >= 4 is 17.1 Å². The van der Waals surface area contributed by atoms with Gasteiger partial charge in [-0.05, 0) is 30.0 Å². The number of rotatable bonds is 2. The summed E-state index contributed by atoms with van der Waals surface area (Å²) >= 11 is 1.46. The third-order valence-electron chi connectivity index (χ3n) is 2.01. The van der Waals surface area contributed by atoms with Gasteiger partial charge in [-0.15, -0.1) is 11.3 Å². The van der Waals surface area contributed by atoms with Crippen LogP contribution in [0, 0.1) is 6.92 Å². The molecule has 0 saturated carbocycles. The third-order valence-corrected chi connectivity index (χ3v) is 3.03. The Kier molecular flexibility index (Phi) is 2.21. The molecular formula is C10H10N2OS. The highest BCUT2D eigenvalue weighted by Gasteiger charge is 2.14. The number of thiophene rings is 1. The molecule has 0 unspecified atom stereocenters. The van der Waals surface area contributed by atoms with Crippen LogP contribution in [0.15, 0.2) is 23.7 Å². The average Bonchev–Trinajstić information content (AvgIpc) is 2.73. The van der Waals surface area contributed by atoms with Crippen molar-refractivity contribution in [2.24, 2.45) is 7.05 Å². The molecule has 14 heavy (non-hydrogen) atoms. The van der Waals surface area contributed by atoms with Crippen molar-refractivity contribution in [1.82, 2.24) is 9.78 Å². The van der Waals surface area contributed by atoms with E-state index in [-0.39, 0.29) is 5.78 Å². The second-order valence-electron chi connectivity index (χ2n) is 3.14. The van der Waals surface area contributed by atoms with Gasteiger partial charge in [0.1, 0.15) is 5.69 Å². The van der Waals surface area contributed by atoms with Gasteiger partial charge in [-0.3, -0.25) is 9.48 Å². The van der Waals surface area contributed by atoms with E-state index < -0.39 is 0 Å². The van der Waals surface area contributed by atoms with E-state index in [1.54, 1.807) is 24.0 Å². The molecule has 2 heterocycles. The molecular weight excluding hydrogens is 196 g/mol. The van der Waals surface area contributed by atoms with Crippen molar-refractivity contribution in [3.05, 3.63) is 39.8 Å². The molecule has 3 nitrogen and oxygen atoms in total. The number of aryl methyl sites for hydroxylation is 2. The topological polar surface area (TPSA) is 34.9 Å². The van der Waals surface area contributed by atoms with Crippen LogP contribution in [0.5, 0.6) is 0 Å². The monoisotopic (exact) mass is 206 g/mol. The molecule has 72 valence electrons. The van der Waals surface area contributed by atoms with Crippen LogP contribution in [-0.4, -0.2) is 15.6 Å². The van der Waals surface area contributed by atoms with Crippen molar-refractivity contribution in [3.8, 4) is 0 Å². The Morgan fingerprint density at radius 2 is 2.29 bits per heavy atom. The Bertz CT molecular complexity index is 470. The maximum atomic E-state index is 11.9. The highest BCUT2D eigenvalue weighted by Crippen LogP contribution is 2.18. The minimum atomic E-state index is 0.0121. The Morgan fingerprint density at radius 1 is 1.50 bits per heavy atom. The molecule has 0 N–H and O–H groups in total. The van der Waals surface area contributed by atoms with Crippen molar-refractivity contribution in [1.29, 1.82) is 0 Å². The molecule has 0 aromatic carbocycles. The van der Waals surface area contributed by atoms with Crippen LogP contribution in [0.2, 0.25) is 0 Å². The fraction of sp³-hybridized carbons (Fsp3) is 0.200. The first-order chi connectivity index (χ1) is 6.68. The van der Waals surface area contributed by atoms with Gasteiger partial charge in [-0.1, -0.05) is 0 Å². The van der Waals surface area contributed by atoms with Gasteiger partial charge in [0.2, 0.25) is 5.78 Å². The molecule has 0 aliphatic heterocycles. The minimum absolute atomic E-state index is 0.0121. The fourth-order valence-electron chi connectivity index (χ4n) is 1.26. The van der Waals surface area contributed by atoms with Crippen molar-refractivity contribution in [3.63, 3.8) is 0 Å². The van der Waals surface area contributed by atoms with E-state index in [9.17, 15) is 4.79 Å². The molecule has 0 atom stereocenters. The zero-order chi connectivity index (χ0) is 10.1. The van der Waals surface area contributed by atoms with Crippen LogP contribution in [0.1, 0.15) is 20.9 Å². The Labute approximate surface area is 86.0 Å². The first-order valence-electron chi connectivity index (χ1n) is 4.27. The Balaban J connectivity index is 2.38. The highest BCUT2D eigenvalue weighted by molar-refractivity contribution is 7.12. The van der Waals surface area contributed by atoms with Crippen LogP contribution in [0.3, 0.4) is 0 Å². The lowest BCUT2D eigenvalue weighted by molar-refractivity contribution is 0.103. The van der Waals surface area contributed by atoms with E-state index in [1.807, 2.05) is 18.4 Å². The van der Waals surface area contributed by atoms with E-state index in [1.165, 1.54) is 11.3 Å². The Morgan fingerprint density at radius 3 is 2.79 bits per heavy atom. The molecule has 0 amide bonds. The third kappa shape index (κ3) is 1.48. The molecule has 2 aromatic heterocycles. The second kappa shape index (κ2) is 3.38. The summed E-state index contributed by atoms with van der Waals surface area (Å²) in [6.07, 6.45) is 1.77. The van der Waals surface area contributed by atoms with Crippen molar-refractivity contribution in [2.45, 2.75) is 6.92 Å². The predicted octanol–water partition coefficient (Wildman–Crippen LogP) is 2.02. The molecule has 2 rings (SSSR count). The minimum Gasteiger partial charge on any atom is -0.286 e. The van der Waals surface area contributed by atoms with Crippen molar-refractivity contribution in [2.75, 3.05) is 0 Å². The largest absolute Gasteiger partial charge is 0.286 e. The van der Waals surface area contributed by atoms with Gasteiger partial charge in [-0.2, -0.15) is 5.10 Å². The zero-order valence-corrected chi connectivity index (χ0v) is 8.84. The van der Waals surface area contributed by atoms with Gasteiger partial charge in [0.15, 0.2) is 0 Å². The molecule has 2 aromatic rings. The smallest absolute Gasteiger partial charge is 0.223 e. The van der Waals surface area contributed by atoms with E-state index in [0.29, 0.717) is 5.69 Å². The average molecular weight is 206 g/mol. The van der Waals surface area contributed by atoms with E-state index >= 15 is 0 Å². The van der Waals surface area contributed by atoms with Crippen LogP contribution in [0.25, 0.3) is 0 Å². The number of carbonyl (C=O) groups is 1. The maximum absolute atomic E-state index is 11.9. The lowest BCUT2D eigenvalue weighted by Gasteiger charge is -1.94. The normalized spacial score (nSPS) is 10.4. The van der Waals surface area contributed by atoms with Gasteiger partial charge >= 0.3 is 0 Å². The number of carbonyl (C=O) groups excluding carboxylic acids is 1. The first-order valence-corrected chi connectivity index (χ1v) is 5.15. The molecule has 4 heteroatoms. The first kappa shape index (κ1) is 9.15. The molecule has 0 fully saturated rings. The van der Waals surface area contributed by atoms with Crippen LogP contribution >= 0.6 is 11.3 Å². The number of hydrogen-bond acceptors (Lipinski definition) is 3. The van der Waals surface area contributed by atoms with E-state index in [2.05, 4.69) is 5.10 Å². The summed E-state index contributed by atoms with van der Waals surface area (Å²) in [5.74, 6) is 0.0121. The standard InChI is InChI=1S/C10H10N2OS/c1-7-4-6-14-10(7)9(13)8-3-5-12(2)11-8/h3-6H,1-2H3. The van der Waals surface area contributed by atoms with Gasteiger partial charge in [0, 0.05) is 13.2 Å². The lowest BCUT2D eigenvalue weighted by Crippen LogP contribution is -2.02. The van der Waals surface area contributed by atoms with Crippen molar-refractivity contribution < 1.29 is 4.79 Å². The summed E-state index contributed by atoms with van der Waals surface area (Å²) in [5, 5.41) is 6.00. The molecule has 0 aliphatic rings. The van der Waals surface area contributed by atoms with Gasteiger partial charge < -0.3 is 0 Å². The molecule has 0 radical (unpaired) electrons. The highest BCUT2D eigenvalue weighted by atomic mass is 32.1. The second-order valence-corrected chi connectivity index (χ2v) is 4.05. The summed E-state index contributed by atoms with van der Waals surface area (Å²) in [6.45, 7) is 1.94. The summed E-state index contributed by atoms with van der Waals surface area (Å²) < 4.78 is 1.64. The van der Waals surface area contributed by atoms with Gasteiger partial charge in [-0.25, -0.2) is 0 Å². The predicted molar refractivity (Wildman–Crippen MR) is 55.7 cm³/mol. The summed E-state index contributed by atoms with van der Waals surface area (Å²) in [6, 6.07) is 3.68. The summed E-state index contributed by atoms with van der Waals surface area (Å²) in [5.41, 5.74) is 1.53. The zero-order valence-electron chi connectivity index (χ0n) is 8.02. The number of ketones is 1. The lowest BCUT2D eigenvalue weighted by atomic mass is 10.2. The summed E-state index contributed by atoms with van der Waals surface area (Å²) in [7, 11) is 1.80. The maximum Gasteiger partial charge on any atom is 0.223 e. The van der Waals surface area contributed by atoms with E-state index in [4.69, 9.17) is 0 Å². The van der Waals surface area contributed by atoms with Crippen LogP contribution < -0.4 is 0 Å². The van der Waals surface area contributed by atoms with Gasteiger partial charge in [0.05, 0.1) is 4.88 Å². The molecule has 0 saturated heterocycles. The SMILES string of the molecule is Cc1ccsc1C(=O)c1ccn(C)n1. The number of aromatic nitrogens is 2. The summed E-state index contributed by atoms with van der Waals surface area (Å²) in [4.78, 5) is 12.7. The quantitative estimate of drug-likeness (QED) is 0.705. The Hall–Kier alpha value is -1.42.